The van der Waals surface area contributed by atoms with Crippen LogP contribution >= 0.6 is 0 Å². The summed E-state index contributed by atoms with van der Waals surface area (Å²) in [7, 11) is 0. The summed E-state index contributed by atoms with van der Waals surface area (Å²) in [5, 5.41) is 6.19. The first-order chi connectivity index (χ1) is 10.1. The second-order valence-corrected chi connectivity index (χ2v) is 5.13. The van der Waals surface area contributed by atoms with Crippen LogP contribution in [0.5, 0.6) is 0 Å². The van der Waals surface area contributed by atoms with Crippen LogP contribution in [0.2, 0.25) is 0 Å². The predicted octanol–water partition coefficient (Wildman–Crippen LogP) is 2.97. The van der Waals surface area contributed by atoms with E-state index >= 15 is 0 Å². The number of ether oxygens (including phenoxy) is 1. The number of hydrogen-bond acceptors (Lipinski definition) is 4. The summed E-state index contributed by atoms with van der Waals surface area (Å²) in [6, 6.07) is 6.22. The molecule has 0 radical (unpaired) electrons. The lowest BCUT2D eigenvalue weighted by molar-refractivity contribution is -0.156. The normalized spacial score (nSPS) is 22.0. The summed E-state index contributed by atoms with van der Waals surface area (Å²) in [4.78, 5) is 12.3. The Morgan fingerprint density at radius 1 is 1.52 bits per heavy atom. The van der Waals surface area contributed by atoms with E-state index in [1.54, 1.807) is 30.3 Å². The van der Waals surface area contributed by atoms with Crippen LogP contribution < -0.4 is 0 Å². The van der Waals surface area contributed by atoms with E-state index in [4.69, 9.17) is 4.74 Å². The number of carbonyl (C=O) groups excluding carboxylic acids is 1. The maximum absolute atomic E-state index is 13.2. The molecule has 0 N–H and O–H groups in total. The van der Waals surface area contributed by atoms with Gasteiger partial charge in [-0.3, -0.25) is 5.01 Å². The summed E-state index contributed by atoms with van der Waals surface area (Å²) in [5.41, 5.74) is -0.00409. The first-order valence-electron chi connectivity index (χ1n) is 7.37. The zero-order chi connectivity index (χ0) is 15.3. The van der Waals surface area contributed by atoms with E-state index in [1.165, 1.54) is 12.1 Å². The Morgan fingerprint density at radius 3 is 3.00 bits per heavy atom. The van der Waals surface area contributed by atoms with Crippen molar-refractivity contribution in [1.29, 1.82) is 0 Å². The van der Waals surface area contributed by atoms with Crippen LogP contribution in [-0.2, 0) is 9.53 Å². The van der Waals surface area contributed by atoms with E-state index in [0.29, 0.717) is 25.1 Å². The molecular weight excluding hydrogens is 271 g/mol. The quantitative estimate of drug-likeness (QED) is 0.619. The monoisotopic (exact) mass is 292 g/mol. The molecular formula is C16H21FN2O2. The Labute approximate surface area is 124 Å². The standard InChI is InChI=1S/C16H21FN2O2/c1-3-16(15(20)21-4-2)9-6-10-19(16)18-12-13-7-5-8-14(17)11-13/h5,7-8,11-12H,3-4,6,9-10H2,1-2H3. The van der Waals surface area contributed by atoms with Crippen LogP contribution in [0.1, 0.15) is 38.7 Å². The fraction of sp³-hybridized carbons (Fsp3) is 0.500. The lowest BCUT2D eigenvalue weighted by Gasteiger charge is -2.33. The van der Waals surface area contributed by atoms with Crippen LogP contribution in [0.4, 0.5) is 4.39 Å². The molecule has 2 rings (SSSR count). The zero-order valence-corrected chi connectivity index (χ0v) is 12.5. The molecule has 1 unspecified atom stereocenters. The summed E-state index contributed by atoms with van der Waals surface area (Å²) < 4.78 is 18.4. The summed E-state index contributed by atoms with van der Waals surface area (Å²) in [6.45, 7) is 4.84. The lowest BCUT2D eigenvalue weighted by Crippen LogP contribution is -2.48. The Bertz CT molecular complexity index is 533. The van der Waals surface area contributed by atoms with Gasteiger partial charge in [-0.15, -0.1) is 0 Å². The van der Waals surface area contributed by atoms with E-state index in [0.717, 1.165) is 12.8 Å². The second kappa shape index (κ2) is 6.70. The smallest absolute Gasteiger partial charge is 0.333 e. The average molecular weight is 292 g/mol. The molecule has 0 bridgehead atoms. The molecule has 1 aliphatic heterocycles. The third-order valence-electron chi connectivity index (χ3n) is 3.89. The molecule has 4 nitrogen and oxygen atoms in total. The van der Waals surface area contributed by atoms with Crippen molar-refractivity contribution >= 4 is 12.2 Å². The van der Waals surface area contributed by atoms with Crippen molar-refractivity contribution in [3.63, 3.8) is 0 Å². The number of halogens is 1. The van der Waals surface area contributed by atoms with Crippen LogP contribution in [0.15, 0.2) is 29.4 Å². The van der Waals surface area contributed by atoms with Gasteiger partial charge >= 0.3 is 5.97 Å². The molecule has 1 atom stereocenters. The van der Waals surface area contributed by atoms with Gasteiger partial charge in [-0.1, -0.05) is 19.1 Å². The van der Waals surface area contributed by atoms with Crippen molar-refractivity contribution in [1.82, 2.24) is 5.01 Å². The van der Waals surface area contributed by atoms with Crippen molar-refractivity contribution in [2.45, 2.75) is 38.6 Å². The Morgan fingerprint density at radius 2 is 2.33 bits per heavy atom. The maximum atomic E-state index is 13.2. The molecule has 0 aromatic heterocycles. The van der Waals surface area contributed by atoms with Crippen LogP contribution in [0.3, 0.4) is 0 Å². The number of hydrogen-bond donors (Lipinski definition) is 0. The maximum Gasteiger partial charge on any atom is 0.333 e. The molecule has 1 heterocycles. The number of benzene rings is 1. The minimum Gasteiger partial charge on any atom is -0.464 e. The van der Waals surface area contributed by atoms with Gasteiger partial charge in [0, 0.05) is 6.54 Å². The summed E-state index contributed by atoms with van der Waals surface area (Å²) in [6.07, 6.45) is 3.88. The third-order valence-corrected chi connectivity index (χ3v) is 3.89. The third kappa shape index (κ3) is 3.23. The van der Waals surface area contributed by atoms with Crippen molar-refractivity contribution in [2.24, 2.45) is 5.10 Å². The Hall–Kier alpha value is -1.91. The van der Waals surface area contributed by atoms with E-state index in [1.807, 2.05) is 6.92 Å². The number of esters is 1. The number of carbonyl (C=O) groups is 1. The SMILES string of the molecule is CCOC(=O)C1(CC)CCCN1N=Cc1cccc(F)c1. The van der Waals surface area contributed by atoms with Gasteiger partial charge in [-0.25, -0.2) is 9.18 Å². The van der Waals surface area contributed by atoms with Crippen LogP contribution in [0, 0.1) is 5.82 Å². The topological polar surface area (TPSA) is 41.9 Å². The van der Waals surface area contributed by atoms with Gasteiger partial charge in [0.25, 0.3) is 0 Å². The number of rotatable bonds is 5. The molecule has 5 heteroatoms. The highest BCUT2D eigenvalue weighted by Crippen LogP contribution is 2.34. The van der Waals surface area contributed by atoms with Crippen molar-refractivity contribution in [3.05, 3.63) is 35.6 Å². The molecule has 0 amide bonds. The van der Waals surface area contributed by atoms with E-state index < -0.39 is 5.54 Å². The lowest BCUT2D eigenvalue weighted by atomic mass is 9.94. The fourth-order valence-corrected chi connectivity index (χ4v) is 2.73. The second-order valence-electron chi connectivity index (χ2n) is 5.13. The molecule has 0 saturated carbocycles. The van der Waals surface area contributed by atoms with Crippen molar-refractivity contribution in [3.8, 4) is 0 Å². The van der Waals surface area contributed by atoms with Gasteiger partial charge < -0.3 is 4.74 Å². The zero-order valence-electron chi connectivity index (χ0n) is 12.5. The highest BCUT2D eigenvalue weighted by molar-refractivity contribution is 5.82. The van der Waals surface area contributed by atoms with Gasteiger partial charge in [0.1, 0.15) is 5.82 Å². The first kappa shape index (κ1) is 15.5. The molecule has 0 aliphatic carbocycles. The number of nitrogens with zero attached hydrogens (tertiary/aromatic N) is 2. The first-order valence-corrected chi connectivity index (χ1v) is 7.37. The van der Waals surface area contributed by atoms with Crippen molar-refractivity contribution in [2.75, 3.05) is 13.2 Å². The van der Waals surface area contributed by atoms with Gasteiger partial charge in [0.15, 0.2) is 5.54 Å². The van der Waals surface area contributed by atoms with E-state index in [-0.39, 0.29) is 11.8 Å². The molecule has 1 aromatic rings. The fourth-order valence-electron chi connectivity index (χ4n) is 2.73. The number of hydrazone groups is 1. The average Bonchev–Trinajstić information content (AvgIpc) is 2.89. The molecule has 21 heavy (non-hydrogen) atoms. The molecule has 114 valence electrons. The van der Waals surface area contributed by atoms with Gasteiger partial charge in [-0.2, -0.15) is 5.10 Å². The Balaban J connectivity index is 2.19. The highest BCUT2D eigenvalue weighted by atomic mass is 19.1. The predicted molar refractivity (Wildman–Crippen MR) is 79.6 cm³/mol. The summed E-state index contributed by atoms with van der Waals surface area (Å²) >= 11 is 0. The molecule has 1 fully saturated rings. The van der Waals surface area contributed by atoms with E-state index in [2.05, 4.69) is 5.10 Å². The van der Waals surface area contributed by atoms with Crippen LogP contribution in [-0.4, -0.2) is 35.9 Å². The van der Waals surface area contributed by atoms with Gasteiger partial charge in [0.2, 0.25) is 0 Å². The minimum atomic E-state index is -0.681. The minimum absolute atomic E-state index is 0.221. The summed E-state index contributed by atoms with van der Waals surface area (Å²) in [5.74, 6) is -0.520. The van der Waals surface area contributed by atoms with Gasteiger partial charge in [0.05, 0.1) is 12.8 Å². The largest absolute Gasteiger partial charge is 0.464 e. The Kier molecular flexibility index (Phi) is 4.94. The van der Waals surface area contributed by atoms with E-state index in [9.17, 15) is 9.18 Å². The van der Waals surface area contributed by atoms with Gasteiger partial charge in [-0.05, 0) is 43.9 Å². The molecule has 1 aromatic carbocycles. The molecule has 1 aliphatic rings. The highest BCUT2D eigenvalue weighted by Gasteiger charge is 2.47. The van der Waals surface area contributed by atoms with Crippen molar-refractivity contribution < 1.29 is 13.9 Å². The molecule has 0 spiro atoms. The molecule has 1 saturated heterocycles. The van der Waals surface area contributed by atoms with Crippen LogP contribution in [0.25, 0.3) is 0 Å².